The van der Waals surface area contributed by atoms with E-state index in [4.69, 9.17) is 18.7 Å². The maximum atomic E-state index is 12.1. The second-order valence-corrected chi connectivity index (χ2v) is 4.68. The number of carbonyl (C=O) groups is 1. The molecule has 11 heteroatoms. The van der Waals surface area contributed by atoms with Crippen molar-refractivity contribution in [2.75, 3.05) is 26.6 Å². The van der Waals surface area contributed by atoms with Gasteiger partial charge in [-0.3, -0.25) is 10.1 Å². The van der Waals surface area contributed by atoms with E-state index < -0.39 is 5.91 Å². The van der Waals surface area contributed by atoms with Gasteiger partial charge in [0.1, 0.15) is 0 Å². The molecule has 0 unspecified atom stereocenters. The molecule has 11 nitrogen and oxygen atoms in total. The minimum absolute atomic E-state index is 0.0299. The summed E-state index contributed by atoms with van der Waals surface area (Å²) in [6, 6.07) is 4.83. The van der Waals surface area contributed by atoms with Crippen LogP contribution in [0.4, 0.5) is 5.95 Å². The molecule has 0 aliphatic carbocycles. The van der Waals surface area contributed by atoms with Crippen molar-refractivity contribution in [1.82, 2.24) is 25.8 Å². The lowest BCUT2D eigenvalue weighted by Crippen LogP contribution is -2.13. The fourth-order valence-electron chi connectivity index (χ4n) is 2.12. The topological polar surface area (TPSA) is 137 Å². The number of anilines is 1. The van der Waals surface area contributed by atoms with E-state index in [1.807, 2.05) is 0 Å². The Labute approximate surface area is 141 Å². The molecule has 0 radical (unpaired) electrons. The molecule has 3 rings (SSSR count). The molecular formula is C14H14N6O5. The van der Waals surface area contributed by atoms with Crippen LogP contribution >= 0.6 is 0 Å². The predicted molar refractivity (Wildman–Crippen MR) is 83.7 cm³/mol. The molecule has 0 fully saturated rings. The van der Waals surface area contributed by atoms with Crippen LogP contribution < -0.4 is 19.5 Å². The molecule has 1 aromatic carbocycles. The fourth-order valence-corrected chi connectivity index (χ4v) is 2.12. The van der Waals surface area contributed by atoms with E-state index in [0.29, 0.717) is 28.6 Å². The Morgan fingerprint density at radius 3 is 2.40 bits per heavy atom. The SMILES string of the molecule is COc1cc(-c2cc(C(=O)Nc3nn[nH]n3)no2)cc(OC)c1OC. The van der Waals surface area contributed by atoms with Crippen molar-refractivity contribution in [2.24, 2.45) is 0 Å². The average Bonchev–Trinajstić information content (AvgIpc) is 3.32. The quantitative estimate of drug-likeness (QED) is 0.672. The van der Waals surface area contributed by atoms with Gasteiger partial charge in [0.25, 0.3) is 11.9 Å². The van der Waals surface area contributed by atoms with Gasteiger partial charge in [0.05, 0.1) is 21.3 Å². The molecular weight excluding hydrogens is 332 g/mol. The smallest absolute Gasteiger partial charge is 0.280 e. The number of hydrogen-bond acceptors (Lipinski definition) is 9. The Hall–Kier alpha value is -3.63. The fraction of sp³-hybridized carbons (Fsp3) is 0.214. The molecule has 0 atom stereocenters. The lowest BCUT2D eigenvalue weighted by molar-refractivity contribution is 0.101. The van der Waals surface area contributed by atoms with E-state index in [-0.39, 0.29) is 11.6 Å². The molecule has 25 heavy (non-hydrogen) atoms. The van der Waals surface area contributed by atoms with E-state index in [1.54, 1.807) is 12.1 Å². The molecule has 130 valence electrons. The van der Waals surface area contributed by atoms with E-state index in [1.165, 1.54) is 27.4 Å². The van der Waals surface area contributed by atoms with Crippen LogP contribution in [0.25, 0.3) is 11.3 Å². The molecule has 0 aliphatic heterocycles. The summed E-state index contributed by atoms with van der Waals surface area (Å²) in [5, 5.41) is 19.0. The minimum Gasteiger partial charge on any atom is -0.493 e. The van der Waals surface area contributed by atoms with E-state index in [2.05, 4.69) is 31.1 Å². The highest BCUT2D eigenvalue weighted by Crippen LogP contribution is 2.41. The van der Waals surface area contributed by atoms with Gasteiger partial charge in [-0.1, -0.05) is 10.3 Å². The van der Waals surface area contributed by atoms with Gasteiger partial charge in [0, 0.05) is 11.6 Å². The second-order valence-electron chi connectivity index (χ2n) is 4.68. The summed E-state index contributed by atoms with van der Waals surface area (Å²) in [6.45, 7) is 0. The van der Waals surface area contributed by atoms with Gasteiger partial charge in [-0.25, -0.2) is 0 Å². The molecule has 0 bridgehead atoms. The summed E-state index contributed by atoms with van der Waals surface area (Å²) in [5.74, 6) is 1.18. The third-order valence-corrected chi connectivity index (χ3v) is 3.26. The number of ether oxygens (including phenoxy) is 3. The summed E-state index contributed by atoms with van der Waals surface area (Å²) in [6.07, 6.45) is 0. The van der Waals surface area contributed by atoms with Crippen LogP contribution in [0, 0.1) is 0 Å². The first-order chi connectivity index (χ1) is 12.2. The number of aromatic amines is 1. The minimum atomic E-state index is -0.538. The van der Waals surface area contributed by atoms with Crippen molar-refractivity contribution in [1.29, 1.82) is 0 Å². The predicted octanol–water partition coefficient (Wildman–Crippen LogP) is 1.13. The van der Waals surface area contributed by atoms with E-state index in [9.17, 15) is 4.79 Å². The van der Waals surface area contributed by atoms with Crippen LogP contribution in [0.5, 0.6) is 17.2 Å². The maximum absolute atomic E-state index is 12.1. The number of carbonyl (C=O) groups excluding carboxylic acids is 1. The molecule has 2 N–H and O–H groups in total. The first kappa shape index (κ1) is 16.2. The molecule has 3 aromatic rings. The van der Waals surface area contributed by atoms with Crippen molar-refractivity contribution < 1.29 is 23.5 Å². The van der Waals surface area contributed by atoms with Gasteiger partial charge >= 0.3 is 0 Å². The van der Waals surface area contributed by atoms with Gasteiger partial charge in [-0.15, -0.1) is 5.10 Å². The number of rotatable bonds is 6. The highest BCUT2D eigenvalue weighted by molar-refractivity contribution is 6.02. The van der Waals surface area contributed by atoms with Gasteiger partial charge in [0.2, 0.25) is 5.75 Å². The number of nitrogens with one attached hydrogen (secondary N) is 2. The number of nitrogens with zero attached hydrogens (tertiary/aromatic N) is 4. The molecule has 2 heterocycles. The third kappa shape index (κ3) is 3.20. The van der Waals surface area contributed by atoms with Crippen LogP contribution in [0.3, 0.4) is 0 Å². The largest absolute Gasteiger partial charge is 0.493 e. The normalized spacial score (nSPS) is 10.4. The first-order valence-electron chi connectivity index (χ1n) is 6.98. The summed E-state index contributed by atoms with van der Waals surface area (Å²) < 4.78 is 21.1. The van der Waals surface area contributed by atoms with Crippen LogP contribution in [-0.2, 0) is 0 Å². The zero-order valence-corrected chi connectivity index (χ0v) is 13.6. The Kier molecular flexibility index (Phi) is 4.46. The van der Waals surface area contributed by atoms with Gasteiger partial charge in [-0.05, 0) is 17.3 Å². The highest BCUT2D eigenvalue weighted by Gasteiger charge is 2.19. The number of methoxy groups -OCH3 is 3. The molecule has 0 saturated heterocycles. The number of H-pyrrole nitrogens is 1. The molecule has 1 amide bonds. The Balaban J connectivity index is 1.90. The summed E-state index contributed by atoms with van der Waals surface area (Å²) in [7, 11) is 4.52. The van der Waals surface area contributed by atoms with E-state index in [0.717, 1.165) is 0 Å². The molecule has 0 spiro atoms. The summed E-state index contributed by atoms with van der Waals surface area (Å²) in [4.78, 5) is 12.1. The zero-order valence-electron chi connectivity index (χ0n) is 13.6. The zero-order chi connectivity index (χ0) is 17.8. The summed E-state index contributed by atoms with van der Waals surface area (Å²) in [5.41, 5.74) is 0.647. The van der Waals surface area contributed by atoms with Crippen LogP contribution in [-0.4, -0.2) is 53.0 Å². The van der Waals surface area contributed by atoms with Gasteiger partial charge < -0.3 is 18.7 Å². The number of aromatic nitrogens is 5. The monoisotopic (exact) mass is 346 g/mol. The van der Waals surface area contributed by atoms with Gasteiger partial charge in [0.15, 0.2) is 23.0 Å². The second kappa shape index (κ2) is 6.86. The summed E-state index contributed by atoms with van der Waals surface area (Å²) >= 11 is 0. The first-order valence-corrected chi connectivity index (χ1v) is 6.98. The third-order valence-electron chi connectivity index (χ3n) is 3.26. The molecule has 2 aromatic heterocycles. The van der Waals surface area contributed by atoms with Gasteiger partial charge in [-0.2, -0.15) is 5.21 Å². The lowest BCUT2D eigenvalue weighted by atomic mass is 10.1. The van der Waals surface area contributed by atoms with E-state index >= 15 is 0 Å². The average molecular weight is 346 g/mol. The number of benzene rings is 1. The van der Waals surface area contributed by atoms with Crippen molar-refractivity contribution in [3.05, 3.63) is 23.9 Å². The van der Waals surface area contributed by atoms with Crippen molar-refractivity contribution in [2.45, 2.75) is 0 Å². The lowest BCUT2D eigenvalue weighted by Gasteiger charge is -2.12. The highest BCUT2D eigenvalue weighted by atomic mass is 16.5. The van der Waals surface area contributed by atoms with Crippen LogP contribution in [0.2, 0.25) is 0 Å². The molecule has 0 saturated carbocycles. The Bertz CT molecular complexity index is 851. The van der Waals surface area contributed by atoms with Crippen LogP contribution in [0.15, 0.2) is 22.7 Å². The molecule has 0 aliphatic rings. The van der Waals surface area contributed by atoms with Crippen molar-refractivity contribution in [3.63, 3.8) is 0 Å². The number of hydrogen-bond donors (Lipinski definition) is 2. The standard InChI is InChI=1S/C14H14N6O5/c1-22-10-4-7(5-11(23-2)12(10)24-3)9-6-8(18-25-9)13(21)15-14-16-19-20-17-14/h4-6H,1-3H3,(H2,15,16,17,19,20,21). The van der Waals surface area contributed by atoms with Crippen LogP contribution in [0.1, 0.15) is 10.5 Å². The number of amides is 1. The maximum Gasteiger partial charge on any atom is 0.280 e. The Morgan fingerprint density at radius 2 is 1.84 bits per heavy atom. The Morgan fingerprint density at radius 1 is 1.12 bits per heavy atom. The van der Waals surface area contributed by atoms with Crippen molar-refractivity contribution >= 4 is 11.9 Å². The van der Waals surface area contributed by atoms with Crippen molar-refractivity contribution in [3.8, 4) is 28.6 Å². The number of tetrazole rings is 1.